The molecule has 1 fully saturated rings. The average molecular weight is 258 g/mol. The van der Waals surface area contributed by atoms with Crippen molar-refractivity contribution in [3.05, 3.63) is 29.0 Å². The zero-order valence-electron chi connectivity index (χ0n) is 9.21. The van der Waals surface area contributed by atoms with Gasteiger partial charge in [-0.3, -0.25) is 4.79 Å². The minimum Gasteiger partial charge on any atom is -0.381 e. The highest BCUT2D eigenvalue weighted by Gasteiger charge is 2.22. The van der Waals surface area contributed by atoms with Gasteiger partial charge in [0.2, 0.25) is 5.91 Å². The van der Waals surface area contributed by atoms with Gasteiger partial charge in [-0.15, -0.1) is 0 Å². The lowest BCUT2D eigenvalue weighted by Gasteiger charge is -2.21. The number of carbonyl (C=O) groups is 1. The maximum absolute atomic E-state index is 13.4. The highest BCUT2D eigenvalue weighted by molar-refractivity contribution is 6.30. The predicted molar refractivity (Wildman–Crippen MR) is 63.6 cm³/mol. The fraction of sp³-hybridized carbons (Fsp3) is 0.417. The van der Waals surface area contributed by atoms with Crippen LogP contribution in [0.25, 0.3) is 0 Å². The van der Waals surface area contributed by atoms with Crippen molar-refractivity contribution in [2.24, 2.45) is 5.92 Å². The lowest BCUT2D eigenvalue weighted by Crippen LogP contribution is -2.28. The number of halogens is 2. The van der Waals surface area contributed by atoms with Crippen LogP contribution < -0.4 is 5.32 Å². The van der Waals surface area contributed by atoms with Crippen LogP contribution in [0.2, 0.25) is 5.02 Å². The van der Waals surface area contributed by atoms with E-state index in [1.807, 2.05) is 0 Å². The van der Waals surface area contributed by atoms with Gasteiger partial charge in [-0.1, -0.05) is 11.6 Å². The van der Waals surface area contributed by atoms with Crippen molar-refractivity contribution >= 4 is 23.2 Å². The van der Waals surface area contributed by atoms with Gasteiger partial charge in [0.05, 0.1) is 5.69 Å². The van der Waals surface area contributed by atoms with Crippen molar-refractivity contribution in [1.29, 1.82) is 0 Å². The number of benzene rings is 1. The molecule has 92 valence electrons. The quantitative estimate of drug-likeness (QED) is 0.885. The molecular formula is C12H13ClFNO2. The monoisotopic (exact) mass is 257 g/mol. The first-order valence-corrected chi connectivity index (χ1v) is 5.88. The van der Waals surface area contributed by atoms with E-state index in [1.165, 1.54) is 18.2 Å². The Kier molecular flexibility index (Phi) is 3.97. The second-order valence-electron chi connectivity index (χ2n) is 4.00. The van der Waals surface area contributed by atoms with Gasteiger partial charge < -0.3 is 10.1 Å². The van der Waals surface area contributed by atoms with Crippen LogP contribution in [0.1, 0.15) is 12.8 Å². The molecule has 3 nitrogen and oxygen atoms in total. The van der Waals surface area contributed by atoms with E-state index in [0.717, 1.165) is 0 Å². The molecule has 17 heavy (non-hydrogen) atoms. The Bertz CT molecular complexity index is 419. The number of carbonyl (C=O) groups excluding carboxylic acids is 1. The fourth-order valence-electron chi connectivity index (χ4n) is 1.79. The summed E-state index contributed by atoms with van der Waals surface area (Å²) in [5.41, 5.74) is 0.133. The molecule has 1 aliphatic heterocycles. The van der Waals surface area contributed by atoms with E-state index in [9.17, 15) is 9.18 Å². The molecule has 1 aromatic rings. The number of nitrogens with one attached hydrogen (secondary N) is 1. The van der Waals surface area contributed by atoms with Crippen molar-refractivity contribution < 1.29 is 13.9 Å². The summed E-state index contributed by atoms with van der Waals surface area (Å²) in [6, 6.07) is 4.09. The molecule has 0 bridgehead atoms. The van der Waals surface area contributed by atoms with Crippen LogP contribution in [0.5, 0.6) is 0 Å². The fourth-order valence-corrected chi connectivity index (χ4v) is 1.96. The molecule has 0 saturated carbocycles. The number of ether oxygens (including phenoxy) is 1. The molecule has 1 aliphatic rings. The predicted octanol–water partition coefficient (Wildman–Crippen LogP) is 2.84. The van der Waals surface area contributed by atoms with Crippen LogP contribution in [0.15, 0.2) is 18.2 Å². The summed E-state index contributed by atoms with van der Waals surface area (Å²) in [5.74, 6) is -0.758. The molecule has 0 spiro atoms. The van der Waals surface area contributed by atoms with Crippen LogP contribution in [-0.4, -0.2) is 19.1 Å². The van der Waals surface area contributed by atoms with Gasteiger partial charge in [-0.05, 0) is 31.0 Å². The standard InChI is InChI=1S/C12H13ClFNO2/c13-9-1-2-10(14)11(7-9)15-12(16)8-3-5-17-6-4-8/h1-2,7-8H,3-6H2,(H,15,16). The van der Waals surface area contributed by atoms with E-state index in [4.69, 9.17) is 16.3 Å². The van der Waals surface area contributed by atoms with E-state index in [2.05, 4.69) is 5.32 Å². The van der Waals surface area contributed by atoms with Crippen LogP contribution >= 0.6 is 11.6 Å². The first-order valence-electron chi connectivity index (χ1n) is 5.50. The largest absolute Gasteiger partial charge is 0.381 e. The molecule has 1 aromatic carbocycles. The second-order valence-corrected chi connectivity index (χ2v) is 4.44. The smallest absolute Gasteiger partial charge is 0.227 e. The van der Waals surface area contributed by atoms with Crippen molar-refractivity contribution in [1.82, 2.24) is 0 Å². The lowest BCUT2D eigenvalue weighted by molar-refractivity contribution is -0.122. The average Bonchev–Trinajstić information content (AvgIpc) is 2.35. The number of hydrogen-bond donors (Lipinski definition) is 1. The Balaban J connectivity index is 2.04. The van der Waals surface area contributed by atoms with Crippen LogP contribution in [0.3, 0.4) is 0 Å². The van der Waals surface area contributed by atoms with Crippen molar-refractivity contribution in [2.45, 2.75) is 12.8 Å². The number of rotatable bonds is 2. The van der Waals surface area contributed by atoms with E-state index in [1.54, 1.807) is 0 Å². The second kappa shape index (κ2) is 5.47. The maximum atomic E-state index is 13.4. The Morgan fingerprint density at radius 3 is 2.82 bits per heavy atom. The Hall–Kier alpha value is -1.13. The zero-order valence-corrected chi connectivity index (χ0v) is 9.97. The maximum Gasteiger partial charge on any atom is 0.227 e. The summed E-state index contributed by atoms with van der Waals surface area (Å²) in [4.78, 5) is 11.9. The van der Waals surface area contributed by atoms with E-state index in [-0.39, 0.29) is 17.5 Å². The van der Waals surface area contributed by atoms with Gasteiger partial charge in [-0.25, -0.2) is 4.39 Å². The minimum absolute atomic E-state index is 0.109. The summed E-state index contributed by atoms with van der Waals surface area (Å²) in [6.07, 6.45) is 1.35. The van der Waals surface area contributed by atoms with Crippen LogP contribution in [0, 0.1) is 11.7 Å². The van der Waals surface area contributed by atoms with Gasteiger partial charge in [0.25, 0.3) is 0 Å². The minimum atomic E-state index is -0.477. The van der Waals surface area contributed by atoms with Gasteiger partial charge in [0.15, 0.2) is 0 Å². The number of amides is 1. The van der Waals surface area contributed by atoms with Crippen molar-refractivity contribution in [2.75, 3.05) is 18.5 Å². The van der Waals surface area contributed by atoms with Gasteiger partial charge in [0, 0.05) is 24.2 Å². The Morgan fingerprint density at radius 1 is 1.41 bits per heavy atom. The Labute approximate surface area is 104 Å². The first kappa shape index (κ1) is 12.3. The third-order valence-electron chi connectivity index (χ3n) is 2.78. The molecule has 2 rings (SSSR count). The molecule has 0 aliphatic carbocycles. The lowest BCUT2D eigenvalue weighted by atomic mass is 9.99. The molecule has 0 unspecified atom stereocenters. The third-order valence-corrected chi connectivity index (χ3v) is 3.01. The molecule has 1 saturated heterocycles. The molecular weight excluding hydrogens is 245 g/mol. The highest BCUT2D eigenvalue weighted by Crippen LogP contribution is 2.22. The summed E-state index contributed by atoms with van der Waals surface area (Å²) in [6.45, 7) is 1.16. The van der Waals surface area contributed by atoms with Crippen LogP contribution in [0.4, 0.5) is 10.1 Å². The topological polar surface area (TPSA) is 38.3 Å². The van der Waals surface area contributed by atoms with E-state index in [0.29, 0.717) is 31.1 Å². The summed E-state index contributed by atoms with van der Waals surface area (Å²) >= 11 is 5.75. The molecule has 5 heteroatoms. The third kappa shape index (κ3) is 3.17. The van der Waals surface area contributed by atoms with Crippen molar-refractivity contribution in [3.63, 3.8) is 0 Å². The zero-order chi connectivity index (χ0) is 12.3. The van der Waals surface area contributed by atoms with Gasteiger partial charge in [0.1, 0.15) is 5.82 Å². The van der Waals surface area contributed by atoms with Crippen LogP contribution in [-0.2, 0) is 9.53 Å². The summed E-state index contributed by atoms with van der Waals surface area (Å²) < 4.78 is 18.6. The van der Waals surface area contributed by atoms with E-state index >= 15 is 0 Å². The van der Waals surface area contributed by atoms with Gasteiger partial charge in [-0.2, -0.15) is 0 Å². The molecule has 1 amide bonds. The highest BCUT2D eigenvalue weighted by atomic mass is 35.5. The summed E-state index contributed by atoms with van der Waals surface area (Å²) in [7, 11) is 0. The number of hydrogen-bond acceptors (Lipinski definition) is 2. The Morgan fingerprint density at radius 2 is 2.12 bits per heavy atom. The molecule has 0 radical (unpaired) electrons. The van der Waals surface area contributed by atoms with Gasteiger partial charge >= 0.3 is 0 Å². The molecule has 0 aromatic heterocycles. The van der Waals surface area contributed by atoms with Crippen molar-refractivity contribution in [3.8, 4) is 0 Å². The first-order chi connectivity index (χ1) is 8.16. The summed E-state index contributed by atoms with van der Waals surface area (Å²) in [5, 5.41) is 2.96. The normalized spacial score (nSPS) is 16.8. The molecule has 0 atom stereocenters. The SMILES string of the molecule is O=C(Nc1cc(Cl)ccc1F)C1CCOCC1. The number of anilines is 1. The van der Waals surface area contributed by atoms with E-state index < -0.39 is 5.82 Å². The molecule has 1 N–H and O–H groups in total. The molecule has 1 heterocycles.